The third-order valence-corrected chi connectivity index (χ3v) is 4.22. The van der Waals surface area contributed by atoms with Gasteiger partial charge >= 0.3 is 0 Å². The van der Waals surface area contributed by atoms with Crippen LogP contribution in [0.15, 0.2) is 11.6 Å². The third kappa shape index (κ3) is 4.74. The van der Waals surface area contributed by atoms with E-state index in [0.29, 0.717) is 13.0 Å². The van der Waals surface area contributed by atoms with Gasteiger partial charge in [-0.2, -0.15) is 0 Å². The second kappa shape index (κ2) is 7.48. The van der Waals surface area contributed by atoms with E-state index in [1.165, 1.54) is 12.8 Å². The van der Waals surface area contributed by atoms with E-state index >= 15 is 0 Å². The fourth-order valence-corrected chi connectivity index (χ4v) is 2.90. The zero-order chi connectivity index (χ0) is 12.6. The Kier molecular flexibility index (Phi) is 5.61. The molecule has 1 aromatic rings. The number of rotatable bonds is 6. The van der Waals surface area contributed by atoms with Crippen LogP contribution in [0.4, 0.5) is 0 Å². The highest BCUT2D eigenvalue weighted by molar-refractivity contribution is 7.09. The minimum absolute atomic E-state index is 0.185. The second-order valence-electron chi connectivity index (χ2n) is 4.76. The van der Waals surface area contributed by atoms with Gasteiger partial charge in [0, 0.05) is 31.0 Å². The Morgan fingerprint density at radius 3 is 3.06 bits per heavy atom. The van der Waals surface area contributed by atoms with Crippen molar-refractivity contribution in [3.63, 3.8) is 0 Å². The van der Waals surface area contributed by atoms with E-state index in [9.17, 15) is 4.79 Å². The molecule has 1 aliphatic rings. The van der Waals surface area contributed by atoms with Gasteiger partial charge in [-0.3, -0.25) is 4.79 Å². The van der Waals surface area contributed by atoms with Crippen LogP contribution < -0.4 is 10.6 Å². The highest BCUT2D eigenvalue weighted by Crippen LogP contribution is 2.17. The van der Waals surface area contributed by atoms with Crippen LogP contribution in [-0.4, -0.2) is 30.5 Å². The van der Waals surface area contributed by atoms with E-state index in [-0.39, 0.29) is 5.91 Å². The number of amides is 1. The molecule has 4 nitrogen and oxygen atoms in total. The molecule has 0 spiro atoms. The molecule has 0 aromatic carbocycles. The molecule has 0 atom stereocenters. The van der Waals surface area contributed by atoms with Crippen LogP contribution in [0.1, 0.15) is 30.7 Å². The predicted molar refractivity (Wildman–Crippen MR) is 73.7 cm³/mol. The summed E-state index contributed by atoms with van der Waals surface area (Å²) in [6.07, 6.45) is 6.78. The number of hydrogen-bond acceptors (Lipinski definition) is 4. The minimum Gasteiger partial charge on any atom is -0.356 e. The first kappa shape index (κ1) is 13.5. The molecule has 100 valence electrons. The van der Waals surface area contributed by atoms with E-state index in [4.69, 9.17) is 0 Å². The molecule has 2 heterocycles. The summed E-state index contributed by atoms with van der Waals surface area (Å²) in [7, 11) is 0. The lowest BCUT2D eigenvalue weighted by atomic mass is 9.93. The van der Waals surface area contributed by atoms with Crippen molar-refractivity contribution in [1.82, 2.24) is 15.6 Å². The summed E-state index contributed by atoms with van der Waals surface area (Å²) < 4.78 is 0. The van der Waals surface area contributed by atoms with Gasteiger partial charge in [0.05, 0.1) is 5.01 Å². The quantitative estimate of drug-likeness (QED) is 0.823. The van der Waals surface area contributed by atoms with Crippen molar-refractivity contribution < 1.29 is 4.79 Å². The molecule has 2 rings (SSSR count). The topological polar surface area (TPSA) is 54.0 Å². The van der Waals surface area contributed by atoms with Crippen LogP contribution in [0.5, 0.6) is 0 Å². The number of thiazole rings is 1. The smallest absolute Gasteiger partial charge is 0.220 e. The Morgan fingerprint density at radius 2 is 2.33 bits per heavy atom. The van der Waals surface area contributed by atoms with Crippen LogP contribution in [0.2, 0.25) is 0 Å². The first-order valence-corrected chi connectivity index (χ1v) is 7.58. The monoisotopic (exact) mass is 267 g/mol. The molecule has 1 amide bonds. The summed E-state index contributed by atoms with van der Waals surface area (Å²) in [4.78, 5) is 15.9. The molecule has 2 N–H and O–H groups in total. The molecule has 18 heavy (non-hydrogen) atoms. The molecule has 0 bridgehead atoms. The van der Waals surface area contributed by atoms with Gasteiger partial charge in [0.1, 0.15) is 0 Å². The summed E-state index contributed by atoms with van der Waals surface area (Å²) in [6, 6.07) is 0. The van der Waals surface area contributed by atoms with Crippen molar-refractivity contribution in [1.29, 1.82) is 0 Å². The molecule has 1 saturated heterocycles. The molecule has 0 radical (unpaired) electrons. The highest BCUT2D eigenvalue weighted by Gasteiger charge is 2.14. The molecule has 1 fully saturated rings. The Labute approximate surface area is 112 Å². The molecular weight excluding hydrogens is 246 g/mol. The van der Waals surface area contributed by atoms with Crippen molar-refractivity contribution in [2.75, 3.05) is 19.6 Å². The fraction of sp³-hybridized carbons (Fsp3) is 0.692. The maximum Gasteiger partial charge on any atom is 0.220 e. The average Bonchev–Trinajstić information content (AvgIpc) is 2.91. The lowest BCUT2D eigenvalue weighted by Crippen LogP contribution is -2.30. The van der Waals surface area contributed by atoms with Gasteiger partial charge in [-0.25, -0.2) is 4.98 Å². The first-order valence-electron chi connectivity index (χ1n) is 6.70. The molecule has 0 saturated carbocycles. The van der Waals surface area contributed by atoms with Crippen molar-refractivity contribution >= 4 is 17.2 Å². The lowest BCUT2D eigenvalue weighted by molar-refractivity contribution is -0.121. The normalized spacial score (nSPS) is 16.7. The molecule has 1 aromatic heterocycles. The molecule has 1 aliphatic heterocycles. The second-order valence-corrected chi connectivity index (χ2v) is 5.74. The first-order chi connectivity index (χ1) is 8.84. The average molecular weight is 267 g/mol. The molecule has 5 heteroatoms. The van der Waals surface area contributed by atoms with Gasteiger partial charge < -0.3 is 10.6 Å². The maximum atomic E-state index is 11.7. The van der Waals surface area contributed by atoms with E-state index in [1.54, 1.807) is 17.5 Å². The highest BCUT2D eigenvalue weighted by atomic mass is 32.1. The Morgan fingerprint density at radius 1 is 1.50 bits per heavy atom. The number of aromatic nitrogens is 1. The summed E-state index contributed by atoms with van der Waals surface area (Å²) in [5.74, 6) is 0.918. The van der Waals surface area contributed by atoms with Gasteiger partial charge in [-0.1, -0.05) is 0 Å². The number of piperidine rings is 1. The van der Waals surface area contributed by atoms with Gasteiger partial charge in [0.2, 0.25) is 5.91 Å². The van der Waals surface area contributed by atoms with E-state index in [1.807, 2.05) is 5.38 Å². The van der Waals surface area contributed by atoms with Crippen LogP contribution >= 0.6 is 11.3 Å². The Hall–Kier alpha value is -0.940. The molecular formula is C13H21N3OS. The SMILES string of the molecule is O=C(CCC1CCNCC1)NCCc1nccs1. The zero-order valence-corrected chi connectivity index (χ0v) is 11.5. The van der Waals surface area contributed by atoms with Crippen LogP contribution in [0.25, 0.3) is 0 Å². The van der Waals surface area contributed by atoms with Gasteiger partial charge in [-0.05, 0) is 38.3 Å². The zero-order valence-electron chi connectivity index (χ0n) is 10.7. The van der Waals surface area contributed by atoms with Crippen molar-refractivity contribution in [2.45, 2.75) is 32.1 Å². The van der Waals surface area contributed by atoms with Gasteiger partial charge in [0.15, 0.2) is 0 Å². The largest absolute Gasteiger partial charge is 0.356 e. The molecule has 0 aliphatic carbocycles. The molecule has 0 unspecified atom stereocenters. The van der Waals surface area contributed by atoms with Crippen molar-refractivity contribution in [2.24, 2.45) is 5.92 Å². The number of nitrogens with zero attached hydrogens (tertiary/aromatic N) is 1. The van der Waals surface area contributed by atoms with Crippen LogP contribution in [0, 0.1) is 5.92 Å². The van der Waals surface area contributed by atoms with Gasteiger partial charge in [0.25, 0.3) is 0 Å². The van der Waals surface area contributed by atoms with E-state index in [2.05, 4.69) is 15.6 Å². The van der Waals surface area contributed by atoms with E-state index < -0.39 is 0 Å². The summed E-state index contributed by atoms with van der Waals surface area (Å²) in [6.45, 7) is 2.92. The number of carbonyl (C=O) groups excluding carboxylic acids is 1. The van der Waals surface area contributed by atoms with Crippen molar-refractivity contribution in [3.8, 4) is 0 Å². The summed E-state index contributed by atoms with van der Waals surface area (Å²) in [5.41, 5.74) is 0. The van der Waals surface area contributed by atoms with E-state index in [0.717, 1.165) is 36.9 Å². The van der Waals surface area contributed by atoms with Crippen molar-refractivity contribution in [3.05, 3.63) is 16.6 Å². The third-order valence-electron chi connectivity index (χ3n) is 3.38. The number of nitrogens with one attached hydrogen (secondary N) is 2. The number of hydrogen-bond donors (Lipinski definition) is 2. The van der Waals surface area contributed by atoms with Gasteiger partial charge in [-0.15, -0.1) is 11.3 Å². The summed E-state index contributed by atoms with van der Waals surface area (Å²) >= 11 is 1.64. The lowest BCUT2D eigenvalue weighted by Gasteiger charge is -2.22. The standard InChI is InChI=1S/C13H21N3OS/c17-12(2-1-11-3-6-14-7-4-11)15-8-5-13-16-9-10-18-13/h9-11,14H,1-8H2,(H,15,17). The summed E-state index contributed by atoms with van der Waals surface area (Å²) in [5, 5.41) is 9.38. The Bertz CT molecular complexity index is 347. The Balaban J connectivity index is 1.54. The van der Waals surface area contributed by atoms with Crippen LogP contribution in [-0.2, 0) is 11.2 Å². The minimum atomic E-state index is 0.185. The number of carbonyl (C=O) groups is 1. The predicted octanol–water partition coefficient (Wildman–Crippen LogP) is 1.58. The van der Waals surface area contributed by atoms with Crippen LogP contribution in [0.3, 0.4) is 0 Å². The maximum absolute atomic E-state index is 11.7. The fourth-order valence-electron chi connectivity index (χ4n) is 2.28.